The van der Waals surface area contributed by atoms with E-state index < -0.39 is 0 Å². The fourth-order valence-electron chi connectivity index (χ4n) is 9.72. The summed E-state index contributed by atoms with van der Waals surface area (Å²) in [5.74, 6) is 0. The molecule has 0 aliphatic heterocycles. The van der Waals surface area contributed by atoms with Crippen molar-refractivity contribution in [1.82, 2.24) is 9.13 Å². The third-order valence-corrected chi connectivity index (χ3v) is 12.7. The minimum atomic E-state index is 1.09. The molecule has 0 bridgehead atoms. The van der Waals surface area contributed by atoms with Crippen LogP contribution in [0.15, 0.2) is 249 Å². The summed E-state index contributed by atoms with van der Waals surface area (Å²) in [6.07, 6.45) is 0. The van der Waals surface area contributed by atoms with Gasteiger partial charge in [-0.15, -0.1) is 0 Å². The standard InChI is InChI=1S/C61H44N4/c1-43-26-37-55-57-42-53(36-39-60(57)65(61(55)40-43)49-22-12-5-13-23-49)63(47-18-8-3-9-19-47)51-33-29-45(30-34-51)44-27-31-50(32-28-44)62(46-16-6-2-7-17-46)52-35-38-59-56(41-52)54-24-14-15-25-58(54)64(59)48-20-10-4-11-21-48/h2-42H,1H3. The summed E-state index contributed by atoms with van der Waals surface area (Å²) in [6.45, 7) is 2.17. The molecule has 0 N–H and O–H groups in total. The van der Waals surface area contributed by atoms with Crippen molar-refractivity contribution in [3.05, 3.63) is 254 Å². The second kappa shape index (κ2) is 15.9. The van der Waals surface area contributed by atoms with Gasteiger partial charge >= 0.3 is 0 Å². The lowest BCUT2D eigenvalue weighted by atomic mass is 10.0. The Kier molecular flexibility index (Phi) is 9.35. The first kappa shape index (κ1) is 38.1. The topological polar surface area (TPSA) is 16.3 Å². The van der Waals surface area contributed by atoms with Crippen LogP contribution in [-0.4, -0.2) is 9.13 Å². The fraction of sp³-hybridized carbons (Fsp3) is 0.0164. The fourth-order valence-corrected chi connectivity index (χ4v) is 9.72. The number of para-hydroxylation sites is 5. The Morgan fingerprint density at radius 3 is 1.12 bits per heavy atom. The van der Waals surface area contributed by atoms with Gasteiger partial charge in [-0.3, -0.25) is 0 Å². The van der Waals surface area contributed by atoms with Crippen molar-refractivity contribution in [3.8, 4) is 22.5 Å². The summed E-state index contributed by atoms with van der Waals surface area (Å²) in [5, 5.41) is 4.92. The zero-order valence-electron chi connectivity index (χ0n) is 36.0. The molecule has 0 fully saturated rings. The number of benzene rings is 10. The van der Waals surface area contributed by atoms with E-state index >= 15 is 0 Å². The highest BCUT2D eigenvalue weighted by molar-refractivity contribution is 6.12. The minimum Gasteiger partial charge on any atom is -0.310 e. The van der Waals surface area contributed by atoms with Crippen LogP contribution < -0.4 is 9.80 Å². The first-order valence-corrected chi connectivity index (χ1v) is 22.3. The van der Waals surface area contributed by atoms with Gasteiger partial charge < -0.3 is 18.9 Å². The van der Waals surface area contributed by atoms with Gasteiger partial charge in [0.2, 0.25) is 0 Å². The molecule has 0 radical (unpaired) electrons. The molecule has 4 nitrogen and oxygen atoms in total. The number of aryl methyl sites for hydroxylation is 1. The number of aromatic nitrogens is 2. The lowest BCUT2D eigenvalue weighted by molar-refractivity contribution is 1.18. The predicted octanol–water partition coefficient (Wildman–Crippen LogP) is 16.8. The maximum Gasteiger partial charge on any atom is 0.0543 e. The zero-order chi connectivity index (χ0) is 43.3. The van der Waals surface area contributed by atoms with Crippen LogP contribution in [0.25, 0.3) is 66.1 Å². The molecular formula is C61H44N4. The van der Waals surface area contributed by atoms with Crippen LogP contribution in [0.1, 0.15) is 5.56 Å². The third kappa shape index (κ3) is 6.71. The van der Waals surface area contributed by atoms with E-state index in [4.69, 9.17) is 0 Å². The van der Waals surface area contributed by atoms with Crippen molar-refractivity contribution in [2.75, 3.05) is 9.80 Å². The van der Waals surface area contributed by atoms with Crippen molar-refractivity contribution in [2.24, 2.45) is 0 Å². The van der Waals surface area contributed by atoms with Crippen LogP contribution in [0.3, 0.4) is 0 Å². The van der Waals surface area contributed by atoms with Gasteiger partial charge in [0.05, 0.1) is 22.1 Å². The van der Waals surface area contributed by atoms with Crippen molar-refractivity contribution >= 4 is 77.7 Å². The summed E-state index contributed by atoms with van der Waals surface area (Å²) in [5.41, 5.74) is 17.3. The van der Waals surface area contributed by atoms with Crippen molar-refractivity contribution in [3.63, 3.8) is 0 Å². The Hall–Kier alpha value is -8.60. The van der Waals surface area contributed by atoms with E-state index in [1.54, 1.807) is 0 Å². The van der Waals surface area contributed by atoms with Crippen molar-refractivity contribution in [2.45, 2.75) is 6.92 Å². The Morgan fingerprint density at radius 2 is 0.631 bits per heavy atom. The van der Waals surface area contributed by atoms with Gasteiger partial charge in [0.1, 0.15) is 0 Å². The lowest BCUT2D eigenvalue weighted by Crippen LogP contribution is -2.10. The molecule has 4 heteroatoms. The quantitative estimate of drug-likeness (QED) is 0.144. The maximum absolute atomic E-state index is 2.39. The SMILES string of the molecule is Cc1ccc2c3cc(N(c4ccccc4)c4ccc(-c5ccc(N(c6ccccc6)c6ccc7c(c6)c6ccccc6n7-c6ccccc6)cc5)cc4)ccc3n(-c3ccccc3)c2c1. The summed E-state index contributed by atoms with van der Waals surface area (Å²) in [6, 6.07) is 89.8. The van der Waals surface area contributed by atoms with E-state index in [9.17, 15) is 0 Å². The number of hydrogen-bond acceptors (Lipinski definition) is 2. The highest BCUT2D eigenvalue weighted by Crippen LogP contribution is 2.43. The Balaban J connectivity index is 0.904. The predicted molar refractivity (Wildman–Crippen MR) is 275 cm³/mol. The molecule has 0 unspecified atom stereocenters. The first-order valence-electron chi connectivity index (χ1n) is 22.3. The Bertz CT molecular complexity index is 3630. The second-order valence-electron chi connectivity index (χ2n) is 16.7. The molecule has 2 heterocycles. The molecule has 2 aromatic heterocycles. The van der Waals surface area contributed by atoms with Gasteiger partial charge in [-0.1, -0.05) is 127 Å². The van der Waals surface area contributed by atoms with Crippen LogP contribution in [0.4, 0.5) is 34.1 Å². The van der Waals surface area contributed by atoms with E-state index in [0.29, 0.717) is 0 Å². The third-order valence-electron chi connectivity index (χ3n) is 12.7. The number of anilines is 6. The molecule has 0 spiro atoms. The number of rotatable bonds is 9. The van der Waals surface area contributed by atoms with Crippen LogP contribution >= 0.6 is 0 Å². The van der Waals surface area contributed by atoms with Crippen molar-refractivity contribution < 1.29 is 0 Å². The van der Waals surface area contributed by atoms with Crippen molar-refractivity contribution in [1.29, 1.82) is 0 Å². The highest BCUT2D eigenvalue weighted by atomic mass is 15.1. The second-order valence-corrected chi connectivity index (χ2v) is 16.7. The van der Waals surface area contributed by atoms with Gasteiger partial charge in [0, 0.05) is 67.0 Å². The average molecular weight is 833 g/mol. The van der Waals surface area contributed by atoms with Gasteiger partial charge in [-0.25, -0.2) is 0 Å². The Labute approximate surface area is 378 Å². The number of hydrogen-bond donors (Lipinski definition) is 0. The molecule has 10 aromatic carbocycles. The van der Waals surface area contributed by atoms with Gasteiger partial charge in [0.25, 0.3) is 0 Å². The molecule has 0 saturated carbocycles. The van der Waals surface area contributed by atoms with E-state index in [2.05, 4.69) is 275 Å². The van der Waals surface area contributed by atoms with Gasteiger partial charge in [-0.05, 0) is 145 Å². The minimum absolute atomic E-state index is 1.09. The lowest BCUT2D eigenvalue weighted by Gasteiger charge is -2.26. The van der Waals surface area contributed by atoms with Crippen LogP contribution in [-0.2, 0) is 0 Å². The van der Waals surface area contributed by atoms with E-state index in [1.807, 2.05) is 0 Å². The van der Waals surface area contributed by atoms with E-state index in [0.717, 1.165) is 56.6 Å². The molecule has 308 valence electrons. The Morgan fingerprint density at radius 1 is 0.262 bits per heavy atom. The maximum atomic E-state index is 2.39. The summed E-state index contributed by atoms with van der Waals surface area (Å²) >= 11 is 0. The summed E-state index contributed by atoms with van der Waals surface area (Å²) in [7, 11) is 0. The molecular weight excluding hydrogens is 789 g/mol. The average Bonchev–Trinajstić information content (AvgIpc) is 3.87. The zero-order valence-corrected chi connectivity index (χ0v) is 36.0. The summed E-state index contributed by atoms with van der Waals surface area (Å²) in [4.78, 5) is 4.71. The molecule has 12 rings (SSSR count). The van der Waals surface area contributed by atoms with E-state index in [1.165, 1.54) is 49.2 Å². The van der Waals surface area contributed by atoms with Crippen LogP contribution in [0, 0.1) is 6.92 Å². The number of fused-ring (bicyclic) bond motifs is 6. The molecule has 0 aliphatic rings. The smallest absolute Gasteiger partial charge is 0.0543 e. The molecule has 0 amide bonds. The summed E-state index contributed by atoms with van der Waals surface area (Å²) < 4.78 is 4.75. The van der Waals surface area contributed by atoms with Crippen LogP contribution in [0.2, 0.25) is 0 Å². The van der Waals surface area contributed by atoms with Crippen LogP contribution in [0.5, 0.6) is 0 Å². The van der Waals surface area contributed by atoms with E-state index in [-0.39, 0.29) is 0 Å². The molecule has 65 heavy (non-hydrogen) atoms. The highest BCUT2D eigenvalue weighted by Gasteiger charge is 2.20. The molecule has 0 aliphatic carbocycles. The first-order chi connectivity index (χ1) is 32.2. The molecule has 12 aromatic rings. The molecule has 0 saturated heterocycles. The van der Waals surface area contributed by atoms with Gasteiger partial charge in [0.15, 0.2) is 0 Å². The molecule has 0 atom stereocenters. The normalized spacial score (nSPS) is 11.5. The largest absolute Gasteiger partial charge is 0.310 e. The van der Waals surface area contributed by atoms with Gasteiger partial charge in [-0.2, -0.15) is 0 Å². The monoisotopic (exact) mass is 832 g/mol. The number of nitrogens with zero attached hydrogens (tertiary/aromatic N) is 4.